The quantitative estimate of drug-likeness (QED) is 0.536. The smallest absolute Gasteiger partial charge is 0.338 e. The van der Waals surface area contributed by atoms with Crippen molar-refractivity contribution in [2.75, 3.05) is 6.61 Å². The lowest BCUT2D eigenvalue weighted by atomic mass is 9.87. The van der Waals surface area contributed by atoms with Gasteiger partial charge in [0, 0.05) is 5.56 Å². The zero-order valence-corrected chi connectivity index (χ0v) is 18.5. The van der Waals surface area contributed by atoms with E-state index in [9.17, 15) is 9.90 Å². The van der Waals surface area contributed by atoms with Crippen molar-refractivity contribution in [1.29, 1.82) is 0 Å². The molecule has 0 amide bonds. The van der Waals surface area contributed by atoms with Gasteiger partial charge in [-0.3, -0.25) is 0 Å². The Morgan fingerprint density at radius 2 is 1.61 bits per heavy atom. The fraction of sp³-hybridized carbons (Fsp3) is 0.296. The molecule has 0 bridgehead atoms. The Bertz CT molecular complexity index is 1120. The molecule has 3 aromatic carbocycles. The van der Waals surface area contributed by atoms with E-state index in [1.165, 1.54) is 0 Å². The molecule has 0 radical (unpaired) electrons. The van der Waals surface area contributed by atoms with Crippen molar-refractivity contribution in [3.05, 3.63) is 82.4 Å². The summed E-state index contributed by atoms with van der Waals surface area (Å²) in [6.45, 7) is 7.92. The Labute approximate surface area is 183 Å². The molecular weight excluding hydrogens is 388 g/mol. The molecule has 1 aliphatic heterocycles. The van der Waals surface area contributed by atoms with E-state index in [2.05, 4.69) is 0 Å². The Kier molecular flexibility index (Phi) is 5.48. The predicted molar refractivity (Wildman–Crippen MR) is 122 cm³/mol. The molecule has 4 heteroatoms. The van der Waals surface area contributed by atoms with E-state index >= 15 is 0 Å². The van der Waals surface area contributed by atoms with Gasteiger partial charge in [-0.25, -0.2) is 4.79 Å². The summed E-state index contributed by atoms with van der Waals surface area (Å²) in [7, 11) is 0. The highest BCUT2D eigenvalue weighted by atomic mass is 16.6. The van der Waals surface area contributed by atoms with Crippen molar-refractivity contribution in [3.8, 4) is 22.6 Å². The van der Waals surface area contributed by atoms with Crippen molar-refractivity contribution in [2.24, 2.45) is 0 Å². The number of ether oxygens (including phenoxy) is 2. The molecule has 31 heavy (non-hydrogen) atoms. The Morgan fingerprint density at radius 3 is 2.29 bits per heavy atom. The van der Waals surface area contributed by atoms with E-state index in [-0.39, 0.29) is 12.6 Å². The van der Waals surface area contributed by atoms with Crippen molar-refractivity contribution in [1.82, 2.24) is 0 Å². The Balaban J connectivity index is 1.45. The standard InChI is InChI=1S/C27H28O4/c1-17-18(2)25-23(19(3)24(17)28)14-15-27(4,31-25)16-30-26(29)22-12-10-21(11-13-22)20-8-6-5-7-9-20/h5-13,28H,14-16H2,1-4H3. The summed E-state index contributed by atoms with van der Waals surface area (Å²) < 4.78 is 12.0. The number of aromatic hydroxyl groups is 1. The van der Waals surface area contributed by atoms with Crippen LogP contribution >= 0.6 is 0 Å². The minimum absolute atomic E-state index is 0.171. The number of rotatable bonds is 4. The number of phenolic OH excluding ortho intramolecular Hbond substituents is 1. The number of fused-ring (bicyclic) bond motifs is 1. The number of carbonyl (C=O) groups excluding carboxylic acids is 1. The van der Waals surface area contributed by atoms with Crippen LogP contribution in [0.2, 0.25) is 0 Å². The van der Waals surface area contributed by atoms with Crippen LogP contribution in [0.5, 0.6) is 11.5 Å². The molecule has 160 valence electrons. The van der Waals surface area contributed by atoms with E-state index in [4.69, 9.17) is 9.47 Å². The van der Waals surface area contributed by atoms with E-state index in [1.54, 1.807) is 12.1 Å². The number of esters is 1. The van der Waals surface area contributed by atoms with E-state index in [0.29, 0.717) is 17.7 Å². The summed E-state index contributed by atoms with van der Waals surface area (Å²) in [5.74, 6) is 0.795. The maximum absolute atomic E-state index is 12.6. The molecule has 1 unspecified atom stereocenters. The van der Waals surface area contributed by atoms with Crippen LogP contribution in [-0.4, -0.2) is 23.3 Å². The topological polar surface area (TPSA) is 55.8 Å². The van der Waals surface area contributed by atoms with Crippen LogP contribution in [0.15, 0.2) is 54.6 Å². The normalized spacial score (nSPS) is 17.5. The molecule has 1 atom stereocenters. The largest absolute Gasteiger partial charge is 0.507 e. The van der Waals surface area contributed by atoms with Crippen LogP contribution in [0.1, 0.15) is 46.0 Å². The first-order valence-electron chi connectivity index (χ1n) is 10.6. The highest BCUT2D eigenvalue weighted by Crippen LogP contribution is 2.43. The number of hydrogen-bond donors (Lipinski definition) is 1. The summed E-state index contributed by atoms with van der Waals surface area (Å²) in [6, 6.07) is 17.5. The third-order valence-electron chi connectivity index (χ3n) is 6.33. The molecule has 1 heterocycles. The summed E-state index contributed by atoms with van der Waals surface area (Å²) in [4.78, 5) is 12.6. The second-order valence-electron chi connectivity index (χ2n) is 8.60. The number of benzene rings is 3. The molecule has 0 aliphatic carbocycles. The van der Waals surface area contributed by atoms with Crippen LogP contribution in [0.3, 0.4) is 0 Å². The van der Waals surface area contributed by atoms with Gasteiger partial charge in [0.2, 0.25) is 0 Å². The number of hydrogen-bond acceptors (Lipinski definition) is 4. The van der Waals surface area contributed by atoms with Gasteiger partial charge in [0.15, 0.2) is 0 Å². The summed E-state index contributed by atoms with van der Waals surface area (Å²) in [6.07, 6.45) is 1.48. The van der Waals surface area contributed by atoms with E-state index in [0.717, 1.165) is 45.6 Å². The second-order valence-corrected chi connectivity index (χ2v) is 8.60. The van der Waals surface area contributed by atoms with E-state index < -0.39 is 5.60 Å². The highest BCUT2D eigenvalue weighted by molar-refractivity contribution is 5.90. The first-order valence-corrected chi connectivity index (χ1v) is 10.6. The van der Waals surface area contributed by atoms with E-state index in [1.807, 2.05) is 70.2 Å². The van der Waals surface area contributed by atoms with Crippen molar-refractivity contribution in [2.45, 2.75) is 46.1 Å². The SMILES string of the molecule is Cc1c(C)c2c(c(C)c1O)CCC(C)(COC(=O)c1ccc(-c3ccccc3)cc1)O2. The van der Waals surface area contributed by atoms with Crippen molar-refractivity contribution in [3.63, 3.8) is 0 Å². The van der Waals surface area contributed by atoms with Gasteiger partial charge >= 0.3 is 5.97 Å². The minimum atomic E-state index is -0.604. The third-order valence-corrected chi connectivity index (χ3v) is 6.33. The van der Waals surface area contributed by atoms with Gasteiger partial charge < -0.3 is 14.6 Å². The van der Waals surface area contributed by atoms with Crippen molar-refractivity contribution < 1.29 is 19.4 Å². The van der Waals surface area contributed by atoms with Gasteiger partial charge in [-0.1, -0.05) is 42.5 Å². The average molecular weight is 417 g/mol. The Hall–Kier alpha value is -3.27. The maximum Gasteiger partial charge on any atom is 0.338 e. The Morgan fingerprint density at radius 1 is 0.968 bits per heavy atom. The molecule has 0 spiro atoms. The van der Waals surface area contributed by atoms with Crippen LogP contribution in [0.4, 0.5) is 0 Å². The first-order chi connectivity index (χ1) is 14.8. The molecule has 1 N–H and O–H groups in total. The van der Waals surface area contributed by atoms with Crippen molar-refractivity contribution >= 4 is 5.97 Å². The lowest BCUT2D eigenvalue weighted by Gasteiger charge is -2.37. The molecule has 4 nitrogen and oxygen atoms in total. The highest BCUT2D eigenvalue weighted by Gasteiger charge is 2.36. The molecule has 4 rings (SSSR count). The second kappa shape index (κ2) is 8.10. The molecular formula is C27H28O4. The van der Waals surface area contributed by atoms with Crippen LogP contribution in [-0.2, 0) is 11.2 Å². The van der Waals surface area contributed by atoms with Gasteiger partial charge in [0.25, 0.3) is 0 Å². The third kappa shape index (κ3) is 4.02. The zero-order valence-electron chi connectivity index (χ0n) is 18.5. The lowest BCUT2D eigenvalue weighted by Crippen LogP contribution is -2.42. The number of carbonyl (C=O) groups is 1. The van der Waals surface area contributed by atoms with Gasteiger partial charge in [-0.15, -0.1) is 0 Å². The summed E-state index contributed by atoms with van der Waals surface area (Å²) in [5.41, 5.74) is 5.76. The molecule has 0 aromatic heterocycles. The van der Waals surface area contributed by atoms with Gasteiger partial charge in [-0.2, -0.15) is 0 Å². The average Bonchev–Trinajstić information content (AvgIpc) is 2.80. The maximum atomic E-state index is 12.6. The zero-order chi connectivity index (χ0) is 22.2. The number of phenols is 1. The molecule has 0 saturated heterocycles. The summed E-state index contributed by atoms with van der Waals surface area (Å²) in [5, 5.41) is 10.3. The van der Waals surface area contributed by atoms with Gasteiger partial charge in [0.05, 0.1) is 5.56 Å². The fourth-order valence-electron chi connectivity index (χ4n) is 4.13. The van der Waals surface area contributed by atoms with Gasteiger partial charge in [0.1, 0.15) is 23.7 Å². The summed E-state index contributed by atoms with van der Waals surface area (Å²) >= 11 is 0. The van der Waals surface area contributed by atoms with Crippen LogP contribution in [0, 0.1) is 20.8 Å². The predicted octanol–water partition coefficient (Wildman–Crippen LogP) is 5.93. The molecule has 1 aliphatic rings. The van der Waals surface area contributed by atoms with Crippen LogP contribution < -0.4 is 4.74 Å². The monoisotopic (exact) mass is 416 g/mol. The van der Waals surface area contributed by atoms with Gasteiger partial charge in [-0.05, 0) is 80.5 Å². The lowest BCUT2D eigenvalue weighted by molar-refractivity contribution is -0.0164. The minimum Gasteiger partial charge on any atom is -0.507 e. The molecule has 0 fully saturated rings. The van der Waals surface area contributed by atoms with Crippen LogP contribution in [0.25, 0.3) is 11.1 Å². The molecule has 3 aromatic rings. The fourth-order valence-corrected chi connectivity index (χ4v) is 4.13. The molecule has 0 saturated carbocycles. The first kappa shape index (κ1) is 21.0.